The van der Waals surface area contributed by atoms with Crippen molar-refractivity contribution in [3.63, 3.8) is 0 Å². The van der Waals surface area contributed by atoms with Crippen LogP contribution in [0.4, 0.5) is 0 Å². The van der Waals surface area contributed by atoms with E-state index >= 15 is 0 Å². The van der Waals surface area contributed by atoms with E-state index in [4.69, 9.17) is 23.2 Å². The number of nitrogens with one attached hydrogen (secondary N) is 1. The van der Waals surface area contributed by atoms with Gasteiger partial charge in [-0.1, -0.05) is 35.3 Å². The number of carbonyl (C=O) groups is 1. The maximum atomic E-state index is 12.4. The molecular formula is C14H16Cl2N2O. The third-order valence-corrected chi connectivity index (χ3v) is 4.75. The second-order valence-corrected chi connectivity index (χ2v) is 5.95. The standard InChI is InChI=1S/C14H16Cl2N2O/c15-12-3-1-2-9(13(12)16)10-8-11(10)14(19)18-6-4-17-5-7-18/h1-3,10-11,17H,4-8H2/t10-,11-/m0/s1. The second-order valence-electron chi connectivity index (χ2n) is 5.17. The molecule has 0 radical (unpaired) electrons. The fourth-order valence-corrected chi connectivity index (χ4v) is 3.19. The van der Waals surface area contributed by atoms with Crippen LogP contribution >= 0.6 is 23.2 Å². The van der Waals surface area contributed by atoms with Gasteiger partial charge in [-0.05, 0) is 24.0 Å². The number of rotatable bonds is 2. The number of carbonyl (C=O) groups excluding carboxylic acids is 1. The predicted molar refractivity (Wildman–Crippen MR) is 76.8 cm³/mol. The molecule has 19 heavy (non-hydrogen) atoms. The fourth-order valence-electron chi connectivity index (χ4n) is 2.74. The summed E-state index contributed by atoms with van der Waals surface area (Å²) in [6.45, 7) is 3.40. The zero-order valence-electron chi connectivity index (χ0n) is 10.5. The fraction of sp³-hybridized carbons (Fsp3) is 0.500. The molecule has 0 bridgehead atoms. The number of halogens is 2. The van der Waals surface area contributed by atoms with E-state index in [9.17, 15) is 4.79 Å². The van der Waals surface area contributed by atoms with Crippen molar-refractivity contribution in [3.8, 4) is 0 Å². The van der Waals surface area contributed by atoms with Crippen LogP contribution in [0.15, 0.2) is 18.2 Å². The average molecular weight is 299 g/mol. The van der Waals surface area contributed by atoms with Gasteiger partial charge in [0.1, 0.15) is 0 Å². The van der Waals surface area contributed by atoms with Gasteiger partial charge < -0.3 is 10.2 Å². The van der Waals surface area contributed by atoms with E-state index < -0.39 is 0 Å². The third-order valence-electron chi connectivity index (χ3n) is 3.92. The molecule has 1 amide bonds. The van der Waals surface area contributed by atoms with Crippen LogP contribution in [0.5, 0.6) is 0 Å². The Bertz CT molecular complexity index is 500. The number of piperazine rings is 1. The van der Waals surface area contributed by atoms with Gasteiger partial charge in [-0.15, -0.1) is 0 Å². The Kier molecular flexibility index (Phi) is 3.70. The minimum Gasteiger partial charge on any atom is -0.340 e. The van der Waals surface area contributed by atoms with Gasteiger partial charge in [0, 0.05) is 32.1 Å². The molecule has 1 aliphatic carbocycles. The van der Waals surface area contributed by atoms with E-state index in [0.717, 1.165) is 38.2 Å². The van der Waals surface area contributed by atoms with E-state index in [-0.39, 0.29) is 17.7 Å². The normalized spacial score (nSPS) is 26.3. The Morgan fingerprint density at radius 3 is 2.74 bits per heavy atom. The van der Waals surface area contributed by atoms with Gasteiger partial charge in [-0.2, -0.15) is 0 Å². The molecule has 3 nitrogen and oxygen atoms in total. The first kappa shape index (κ1) is 13.2. The van der Waals surface area contributed by atoms with Crippen LogP contribution in [0.2, 0.25) is 10.0 Å². The Balaban J connectivity index is 1.70. The molecule has 1 aromatic carbocycles. The average Bonchev–Trinajstić information content (AvgIpc) is 3.22. The van der Waals surface area contributed by atoms with Crippen LogP contribution in [-0.2, 0) is 4.79 Å². The summed E-state index contributed by atoms with van der Waals surface area (Å²) < 4.78 is 0. The van der Waals surface area contributed by atoms with Gasteiger partial charge in [-0.25, -0.2) is 0 Å². The first-order valence-corrected chi connectivity index (χ1v) is 7.37. The highest BCUT2D eigenvalue weighted by Crippen LogP contribution is 2.51. The number of benzene rings is 1. The second kappa shape index (κ2) is 5.31. The van der Waals surface area contributed by atoms with Crippen molar-refractivity contribution < 1.29 is 4.79 Å². The zero-order chi connectivity index (χ0) is 13.4. The van der Waals surface area contributed by atoms with E-state index in [1.54, 1.807) is 6.07 Å². The summed E-state index contributed by atoms with van der Waals surface area (Å²) in [7, 11) is 0. The molecule has 1 N–H and O–H groups in total. The van der Waals surface area contributed by atoms with Gasteiger partial charge >= 0.3 is 0 Å². The van der Waals surface area contributed by atoms with Crippen LogP contribution in [-0.4, -0.2) is 37.0 Å². The number of hydrogen-bond acceptors (Lipinski definition) is 2. The molecule has 102 valence electrons. The number of nitrogens with zero attached hydrogens (tertiary/aromatic N) is 1. The van der Waals surface area contributed by atoms with Crippen molar-refractivity contribution in [1.82, 2.24) is 10.2 Å². The summed E-state index contributed by atoms with van der Waals surface area (Å²) in [5, 5.41) is 4.43. The lowest BCUT2D eigenvalue weighted by Gasteiger charge is -2.27. The molecule has 1 aliphatic heterocycles. The highest BCUT2D eigenvalue weighted by atomic mass is 35.5. The minimum atomic E-state index is 0.0917. The molecule has 1 aromatic rings. The van der Waals surface area contributed by atoms with Gasteiger partial charge in [0.05, 0.1) is 10.0 Å². The predicted octanol–water partition coefficient (Wildman–Crippen LogP) is 2.53. The lowest BCUT2D eigenvalue weighted by molar-refractivity contribution is -0.133. The van der Waals surface area contributed by atoms with Crippen molar-refractivity contribution in [2.45, 2.75) is 12.3 Å². The molecule has 2 aliphatic rings. The van der Waals surface area contributed by atoms with Crippen LogP contribution in [0.3, 0.4) is 0 Å². The molecule has 0 unspecified atom stereocenters. The molecule has 2 fully saturated rings. The Labute approximate surface area is 122 Å². The van der Waals surface area contributed by atoms with E-state index in [1.165, 1.54) is 0 Å². The summed E-state index contributed by atoms with van der Waals surface area (Å²) in [6.07, 6.45) is 0.892. The lowest BCUT2D eigenvalue weighted by Crippen LogP contribution is -2.47. The van der Waals surface area contributed by atoms with Gasteiger partial charge in [-0.3, -0.25) is 4.79 Å². The Morgan fingerprint density at radius 2 is 2.00 bits per heavy atom. The van der Waals surface area contributed by atoms with Crippen LogP contribution in [0.1, 0.15) is 17.9 Å². The summed E-state index contributed by atoms with van der Waals surface area (Å²) in [6, 6.07) is 5.65. The van der Waals surface area contributed by atoms with Crippen LogP contribution in [0, 0.1) is 5.92 Å². The highest BCUT2D eigenvalue weighted by Gasteiger charge is 2.46. The summed E-state index contributed by atoms with van der Waals surface area (Å²) in [4.78, 5) is 14.3. The molecule has 3 rings (SSSR count). The lowest BCUT2D eigenvalue weighted by atomic mass is 10.1. The number of amides is 1. The van der Waals surface area contributed by atoms with Crippen LogP contribution < -0.4 is 5.32 Å². The van der Waals surface area contributed by atoms with Crippen molar-refractivity contribution in [2.75, 3.05) is 26.2 Å². The first-order valence-electron chi connectivity index (χ1n) is 6.62. The quantitative estimate of drug-likeness (QED) is 0.910. The van der Waals surface area contributed by atoms with E-state index in [1.807, 2.05) is 17.0 Å². The summed E-state index contributed by atoms with van der Waals surface area (Å²) in [5.74, 6) is 0.602. The van der Waals surface area contributed by atoms with E-state index in [2.05, 4.69) is 5.32 Å². The molecule has 5 heteroatoms. The Hall–Kier alpha value is -0.770. The topological polar surface area (TPSA) is 32.3 Å². The maximum Gasteiger partial charge on any atom is 0.226 e. The van der Waals surface area contributed by atoms with Gasteiger partial charge in [0.25, 0.3) is 0 Å². The molecule has 1 saturated heterocycles. The largest absolute Gasteiger partial charge is 0.340 e. The molecule has 0 aromatic heterocycles. The molecular weight excluding hydrogens is 283 g/mol. The van der Waals surface area contributed by atoms with Crippen molar-refractivity contribution in [2.24, 2.45) is 5.92 Å². The molecule has 1 saturated carbocycles. The zero-order valence-corrected chi connectivity index (χ0v) is 12.0. The Morgan fingerprint density at radius 1 is 1.26 bits per heavy atom. The molecule has 2 atom stereocenters. The van der Waals surface area contributed by atoms with E-state index in [0.29, 0.717) is 10.0 Å². The van der Waals surface area contributed by atoms with Gasteiger partial charge in [0.2, 0.25) is 5.91 Å². The molecule has 0 spiro atoms. The monoisotopic (exact) mass is 298 g/mol. The minimum absolute atomic E-state index is 0.0917. The molecule has 1 heterocycles. The maximum absolute atomic E-state index is 12.4. The third kappa shape index (κ3) is 2.60. The van der Waals surface area contributed by atoms with Crippen molar-refractivity contribution >= 4 is 29.1 Å². The SMILES string of the molecule is O=C([C@H]1C[C@H]1c1cccc(Cl)c1Cl)N1CCNCC1. The summed E-state index contributed by atoms with van der Waals surface area (Å²) >= 11 is 12.2. The van der Waals surface area contributed by atoms with Gasteiger partial charge in [0.15, 0.2) is 0 Å². The first-order chi connectivity index (χ1) is 9.18. The number of hydrogen-bond donors (Lipinski definition) is 1. The van der Waals surface area contributed by atoms with Crippen LogP contribution in [0.25, 0.3) is 0 Å². The van der Waals surface area contributed by atoms with Crippen molar-refractivity contribution in [3.05, 3.63) is 33.8 Å². The summed E-state index contributed by atoms with van der Waals surface area (Å²) in [5.41, 5.74) is 1.02. The van der Waals surface area contributed by atoms with Crippen molar-refractivity contribution in [1.29, 1.82) is 0 Å². The smallest absolute Gasteiger partial charge is 0.226 e. The highest BCUT2D eigenvalue weighted by molar-refractivity contribution is 6.42.